The van der Waals surface area contributed by atoms with E-state index in [1.54, 1.807) is 24.3 Å². The van der Waals surface area contributed by atoms with Gasteiger partial charge in [-0.1, -0.05) is 12.1 Å². The topological polar surface area (TPSA) is 98.9 Å². The maximum atomic E-state index is 12.0. The van der Waals surface area contributed by atoms with Gasteiger partial charge in [-0.15, -0.1) is 0 Å². The van der Waals surface area contributed by atoms with Crippen molar-refractivity contribution in [2.24, 2.45) is 4.40 Å². The molecule has 22 heavy (non-hydrogen) atoms. The van der Waals surface area contributed by atoms with Crippen molar-refractivity contribution in [3.05, 3.63) is 64.2 Å². The van der Waals surface area contributed by atoms with Crippen LogP contribution in [0.15, 0.2) is 57.8 Å². The lowest BCUT2D eigenvalue weighted by molar-refractivity contribution is -0.384. The molecule has 0 N–H and O–H groups in total. The third-order valence-electron chi connectivity index (χ3n) is 2.78. The summed E-state index contributed by atoms with van der Waals surface area (Å²) in [6, 6.07) is 11.3. The van der Waals surface area contributed by atoms with Gasteiger partial charge in [-0.3, -0.25) is 10.1 Å². The molecule has 0 spiro atoms. The van der Waals surface area contributed by atoms with Gasteiger partial charge in [0.25, 0.3) is 15.7 Å². The van der Waals surface area contributed by atoms with E-state index in [4.69, 9.17) is 4.74 Å². The molecule has 0 aromatic heterocycles. The first-order chi connectivity index (χ1) is 10.4. The van der Waals surface area contributed by atoms with Gasteiger partial charge in [-0.05, 0) is 29.8 Å². The first-order valence-electron chi connectivity index (χ1n) is 6.11. The van der Waals surface area contributed by atoms with Crippen molar-refractivity contribution in [2.45, 2.75) is 4.90 Å². The summed E-state index contributed by atoms with van der Waals surface area (Å²) in [7, 11) is -2.41. The highest BCUT2D eigenvalue weighted by Gasteiger charge is 2.14. The molecule has 2 aromatic rings. The molecule has 2 aromatic carbocycles. The summed E-state index contributed by atoms with van der Waals surface area (Å²) in [5.74, 6) is 0.580. The van der Waals surface area contributed by atoms with E-state index in [0.29, 0.717) is 11.3 Å². The molecule has 0 radical (unpaired) electrons. The number of rotatable bonds is 5. The molecule has 0 fully saturated rings. The molecular weight excluding hydrogens is 308 g/mol. The average molecular weight is 320 g/mol. The molecular formula is C14H12N2O5S. The van der Waals surface area contributed by atoms with Crippen molar-refractivity contribution in [3.63, 3.8) is 0 Å². The van der Waals surface area contributed by atoms with E-state index < -0.39 is 14.9 Å². The molecule has 0 heterocycles. The third kappa shape index (κ3) is 3.67. The smallest absolute Gasteiger partial charge is 0.282 e. The maximum absolute atomic E-state index is 12.0. The minimum atomic E-state index is -3.91. The van der Waals surface area contributed by atoms with Crippen LogP contribution in [-0.2, 0) is 10.0 Å². The number of methoxy groups -OCH3 is 1. The second-order valence-electron chi connectivity index (χ2n) is 4.24. The normalized spacial score (nSPS) is 11.5. The third-order valence-corrected chi connectivity index (χ3v) is 4.03. The highest BCUT2D eigenvalue weighted by molar-refractivity contribution is 7.90. The summed E-state index contributed by atoms with van der Waals surface area (Å²) < 4.78 is 32.7. The molecule has 8 heteroatoms. The van der Waals surface area contributed by atoms with Crippen LogP contribution >= 0.6 is 0 Å². The molecule has 7 nitrogen and oxygen atoms in total. The predicted octanol–water partition coefficient (Wildman–Crippen LogP) is 2.41. The SMILES string of the molecule is COc1cccc(/C=N/S(=O)(=O)c2ccc([N+](=O)[O-])cc2)c1. The van der Waals surface area contributed by atoms with Gasteiger partial charge in [-0.2, -0.15) is 12.8 Å². The largest absolute Gasteiger partial charge is 0.497 e. The second kappa shape index (κ2) is 6.35. The Morgan fingerprint density at radius 2 is 1.86 bits per heavy atom. The van der Waals surface area contributed by atoms with Gasteiger partial charge in [-0.25, -0.2) is 0 Å². The molecule has 0 aliphatic rings. The van der Waals surface area contributed by atoms with Gasteiger partial charge in [0, 0.05) is 18.3 Å². The first-order valence-corrected chi connectivity index (χ1v) is 7.55. The molecule has 0 bridgehead atoms. The number of sulfonamides is 1. The maximum Gasteiger partial charge on any atom is 0.282 e. The van der Waals surface area contributed by atoms with Crippen molar-refractivity contribution in [3.8, 4) is 5.75 Å². The highest BCUT2D eigenvalue weighted by Crippen LogP contribution is 2.18. The number of nitro benzene ring substituents is 1. The molecule has 0 aliphatic carbocycles. The summed E-state index contributed by atoms with van der Waals surface area (Å²) >= 11 is 0. The number of ether oxygens (including phenoxy) is 1. The molecule has 0 saturated heterocycles. The lowest BCUT2D eigenvalue weighted by Crippen LogP contribution is -1.98. The number of nitrogens with zero attached hydrogens (tertiary/aromatic N) is 2. The molecule has 0 aliphatic heterocycles. The predicted molar refractivity (Wildman–Crippen MR) is 80.9 cm³/mol. The standard InChI is InChI=1S/C14H12N2O5S/c1-21-13-4-2-3-11(9-13)10-15-22(19,20)14-7-5-12(6-8-14)16(17)18/h2-10H,1H3/b15-10+. The summed E-state index contributed by atoms with van der Waals surface area (Å²) in [5, 5.41) is 10.5. The molecule has 0 amide bonds. The van der Waals surface area contributed by atoms with Crippen molar-refractivity contribution < 1.29 is 18.1 Å². The van der Waals surface area contributed by atoms with Gasteiger partial charge in [0.2, 0.25) is 0 Å². The minimum absolute atomic E-state index is 0.114. The van der Waals surface area contributed by atoms with Crippen molar-refractivity contribution in [1.29, 1.82) is 0 Å². The van der Waals surface area contributed by atoms with Crippen LogP contribution in [0.4, 0.5) is 5.69 Å². The fraction of sp³-hybridized carbons (Fsp3) is 0.0714. The summed E-state index contributed by atoms with van der Waals surface area (Å²) in [6.07, 6.45) is 1.19. The Kier molecular flexibility index (Phi) is 4.52. The number of benzene rings is 2. The Hall–Kier alpha value is -2.74. The Bertz CT molecular complexity index is 813. The van der Waals surface area contributed by atoms with Crippen LogP contribution in [0.1, 0.15) is 5.56 Å². The summed E-state index contributed by atoms with van der Waals surface area (Å²) in [4.78, 5) is 9.83. The second-order valence-corrected chi connectivity index (χ2v) is 5.87. The van der Waals surface area contributed by atoms with E-state index in [0.717, 1.165) is 24.3 Å². The summed E-state index contributed by atoms with van der Waals surface area (Å²) in [6.45, 7) is 0. The monoisotopic (exact) mass is 320 g/mol. The van der Waals surface area contributed by atoms with Crippen molar-refractivity contribution in [1.82, 2.24) is 0 Å². The van der Waals surface area contributed by atoms with E-state index in [-0.39, 0.29) is 10.6 Å². The quantitative estimate of drug-likeness (QED) is 0.478. The van der Waals surface area contributed by atoms with E-state index in [2.05, 4.69) is 4.40 Å². The van der Waals surface area contributed by atoms with E-state index in [1.165, 1.54) is 13.3 Å². The molecule has 114 valence electrons. The molecule has 2 rings (SSSR count). The van der Waals surface area contributed by atoms with Gasteiger partial charge in [0.15, 0.2) is 0 Å². The fourth-order valence-electron chi connectivity index (χ4n) is 1.65. The molecule has 0 unspecified atom stereocenters. The van der Waals surface area contributed by atoms with Gasteiger partial charge in [0.05, 0.1) is 16.9 Å². The van der Waals surface area contributed by atoms with Crippen LogP contribution in [0.2, 0.25) is 0 Å². The van der Waals surface area contributed by atoms with Gasteiger partial charge < -0.3 is 4.74 Å². The number of nitro groups is 1. The number of hydrogen-bond acceptors (Lipinski definition) is 5. The van der Waals surface area contributed by atoms with Crippen LogP contribution in [0.5, 0.6) is 5.75 Å². The Morgan fingerprint density at radius 1 is 1.18 bits per heavy atom. The van der Waals surface area contributed by atoms with Gasteiger partial charge >= 0.3 is 0 Å². The Labute approximate surface area is 127 Å². The van der Waals surface area contributed by atoms with Gasteiger partial charge in [0.1, 0.15) is 5.75 Å². The van der Waals surface area contributed by atoms with Crippen LogP contribution in [0.25, 0.3) is 0 Å². The number of hydrogen-bond donors (Lipinski definition) is 0. The van der Waals surface area contributed by atoms with Crippen LogP contribution in [0, 0.1) is 10.1 Å². The average Bonchev–Trinajstić information content (AvgIpc) is 2.53. The lowest BCUT2D eigenvalue weighted by atomic mass is 10.2. The Balaban J connectivity index is 2.26. The van der Waals surface area contributed by atoms with Crippen molar-refractivity contribution >= 4 is 21.9 Å². The van der Waals surface area contributed by atoms with E-state index >= 15 is 0 Å². The zero-order valence-corrected chi connectivity index (χ0v) is 12.4. The zero-order valence-electron chi connectivity index (χ0n) is 11.5. The van der Waals surface area contributed by atoms with E-state index in [1.807, 2.05) is 0 Å². The molecule has 0 atom stereocenters. The van der Waals surface area contributed by atoms with Crippen molar-refractivity contribution in [2.75, 3.05) is 7.11 Å². The van der Waals surface area contributed by atoms with Crippen LogP contribution in [0.3, 0.4) is 0 Å². The highest BCUT2D eigenvalue weighted by atomic mass is 32.2. The zero-order chi connectivity index (χ0) is 16.2. The lowest BCUT2D eigenvalue weighted by Gasteiger charge is -2.00. The number of non-ortho nitro benzene ring substituents is 1. The summed E-state index contributed by atoms with van der Waals surface area (Å²) in [5.41, 5.74) is 0.376. The Morgan fingerprint density at radius 3 is 2.45 bits per heavy atom. The van der Waals surface area contributed by atoms with Crippen LogP contribution in [-0.4, -0.2) is 26.7 Å². The van der Waals surface area contributed by atoms with E-state index in [9.17, 15) is 18.5 Å². The molecule has 0 saturated carbocycles. The van der Waals surface area contributed by atoms with Crippen LogP contribution < -0.4 is 4.74 Å². The first kappa shape index (κ1) is 15.6. The minimum Gasteiger partial charge on any atom is -0.497 e. The fourth-order valence-corrected chi connectivity index (χ4v) is 2.51.